The van der Waals surface area contributed by atoms with E-state index in [1.54, 1.807) is 12.1 Å². The van der Waals surface area contributed by atoms with Crippen molar-refractivity contribution in [1.82, 2.24) is 0 Å². The van der Waals surface area contributed by atoms with Gasteiger partial charge in [-0.25, -0.2) is 0 Å². The molecule has 0 bridgehead atoms. The Morgan fingerprint density at radius 1 is 1.57 bits per heavy atom. The van der Waals surface area contributed by atoms with Crippen molar-refractivity contribution in [3.8, 4) is 0 Å². The molecule has 76 valence electrons. The largest absolute Gasteiger partial charge is 0.328 e. The van der Waals surface area contributed by atoms with Crippen molar-refractivity contribution in [2.24, 2.45) is 5.73 Å². The molecular weight excluding hydrogens is 198 g/mol. The van der Waals surface area contributed by atoms with Crippen LogP contribution >= 0.6 is 11.6 Å². The third kappa shape index (κ3) is 3.90. The molecule has 0 aromatic heterocycles. The molecular formula is C11H14ClNO. The van der Waals surface area contributed by atoms with E-state index in [0.29, 0.717) is 17.9 Å². The lowest BCUT2D eigenvalue weighted by Crippen LogP contribution is -2.20. The maximum absolute atomic E-state index is 11.4. The van der Waals surface area contributed by atoms with E-state index in [9.17, 15) is 4.79 Å². The van der Waals surface area contributed by atoms with Gasteiger partial charge in [-0.05, 0) is 24.6 Å². The molecule has 0 amide bonds. The topological polar surface area (TPSA) is 43.1 Å². The summed E-state index contributed by atoms with van der Waals surface area (Å²) in [5, 5.41) is 0.663. The standard InChI is InChI=1S/C11H14ClNO/c1-8(13)5-11(14)7-9-3-2-4-10(12)6-9/h2-4,6,8H,5,7,13H2,1H3. The average molecular weight is 212 g/mol. The van der Waals surface area contributed by atoms with Crippen molar-refractivity contribution in [3.63, 3.8) is 0 Å². The zero-order valence-electron chi connectivity index (χ0n) is 8.16. The number of carbonyl (C=O) groups excluding carboxylic acids is 1. The zero-order chi connectivity index (χ0) is 10.6. The van der Waals surface area contributed by atoms with E-state index in [4.69, 9.17) is 17.3 Å². The molecule has 2 N–H and O–H groups in total. The first-order valence-electron chi connectivity index (χ1n) is 4.59. The molecule has 0 saturated carbocycles. The number of Topliss-reactive ketones (excluding diaryl/α,β-unsaturated/α-hetero) is 1. The minimum Gasteiger partial charge on any atom is -0.328 e. The first-order valence-corrected chi connectivity index (χ1v) is 4.97. The van der Waals surface area contributed by atoms with E-state index < -0.39 is 0 Å². The predicted octanol–water partition coefficient (Wildman–Crippen LogP) is 2.19. The van der Waals surface area contributed by atoms with Crippen molar-refractivity contribution < 1.29 is 4.79 Å². The Morgan fingerprint density at radius 2 is 2.29 bits per heavy atom. The summed E-state index contributed by atoms with van der Waals surface area (Å²) in [5.74, 6) is 0.155. The maximum Gasteiger partial charge on any atom is 0.138 e. The van der Waals surface area contributed by atoms with Gasteiger partial charge in [0.15, 0.2) is 0 Å². The first-order chi connectivity index (χ1) is 6.58. The molecule has 1 unspecified atom stereocenters. The average Bonchev–Trinajstić information content (AvgIpc) is 2.01. The summed E-state index contributed by atoms with van der Waals surface area (Å²) in [6, 6.07) is 7.27. The Bertz CT molecular complexity index is 323. The quantitative estimate of drug-likeness (QED) is 0.830. The Labute approximate surface area is 89.1 Å². The van der Waals surface area contributed by atoms with Gasteiger partial charge in [0.05, 0.1) is 0 Å². The number of rotatable bonds is 4. The van der Waals surface area contributed by atoms with Gasteiger partial charge in [-0.15, -0.1) is 0 Å². The van der Waals surface area contributed by atoms with E-state index in [1.165, 1.54) is 0 Å². The number of halogens is 1. The van der Waals surface area contributed by atoms with Crippen LogP contribution in [0.2, 0.25) is 5.02 Å². The fourth-order valence-corrected chi connectivity index (χ4v) is 1.52. The van der Waals surface area contributed by atoms with Crippen molar-refractivity contribution in [2.75, 3.05) is 0 Å². The maximum atomic E-state index is 11.4. The van der Waals surface area contributed by atoms with Gasteiger partial charge in [-0.3, -0.25) is 4.79 Å². The molecule has 1 rings (SSSR count). The SMILES string of the molecule is CC(N)CC(=O)Cc1cccc(Cl)c1. The van der Waals surface area contributed by atoms with Gasteiger partial charge in [0.2, 0.25) is 0 Å². The van der Waals surface area contributed by atoms with Crippen LogP contribution in [0.4, 0.5) is 0 Å². The smallest absolute Gasteiger partial charge is 0.138 e. The summed E-state index contributed by atoms with van der Waals surface area (Å²) in [6.07, 6.45) is 0.842. The second-order valence-electron chi connectivity index (χ2n) is 3.53. The van der Waals surface area contributed by atoms with Crippen LogP contribution in [0.5, 0.6) is 0 Å². The van der Waals surface area contributed by atoms with Gasteiger partial charge < -0.3 is 5.73 Å². The van der Waals surface area contributed by atoms with E-state index in [2.05, 4.69) is 0 Å². The molecule has 0 spiro atoms. The van der Waals surface area contributed by atoms with Crippen LogP contribution in [0.25, 0.3) is 0 Å². The lowest BCUT2D eigenvalue weighted by molar-refractivity contribution is -0.118. The van der Waals surface area contributed by atoms with Crippen LogP contribution in [0.15, 0.2) is 24.3 Å². The summed E-state index contributed by atoms with van der Waals surface area (Å²) in [7, 11) is 0. The molecule has 0 aliphatic carbocycles. The number of benzene rings is 1. The van der Waals surface area contributed by atoms with Crippen molar-refractivity contribution >= 4 is 17.4 Å². The summed E-state index contributed by atoms with van der Waals surface area (Å²) >= 11 is 5.80. The Kier molecular flexibility index (Phi) is 4.11. The highest BCUT2D eigenvalue weighted by Gasteiger charge is 2.06. The summed E-state index contributed by atoms with van der Waals surface area (Å²) < 4.78 is 0. The number of nitrogens with two attached hydrogens (primary N) is 1. The van der Waals surface area contributed by atoms with Crippen LogP contribution in [-0.2, 0) is 11.2 Å². The molecule has 0 aliphatic heterocycles. The van der Waals surface area contributed by atoms with Gasteiger partial charge in [0.25, 0.3) is 0 Å². The van der Waals surface area contributed by atoms with Gasteiger partial charge in [-0.1, -0.05) is 23.7 Å². The third-order valence-corrected chi connectivity index (χ3v) is 2.08. The van der Waals surface area contributed by atoms with Gasteiger partial charge in [0.1, 0.15) is 5.78 Å². The zero-order valence-corrected chi connectivity index (χ0v) is 8.92. The lowest BCUT2D eigenvalue weighted by Gasteiger charge is -2.04. The first kappa shape index (κ1) is 11.2. The minimum atomic E-state index is -0.0679. The van der Waals surface area contributed by atoms with Gasteiger partial charge in [-0.2, -0.15) is 0 Å². The van der Waals surface area contributed by atoms with Crippen molar-refractivity contribution in [2.45, 2.75) is 25.8 Å². The fourth-order valence-electron chi connectivity index (χ4n) is 1.31. The highest BCUT2D eigenvalue weighted by molar-refractivity contribution is 6.30. The van der Waals surface area contributed by atoms with Crippen LogP contribution in [0.1, 0.15) is 18.9 Å². The second kappa shape index (κ2) is 5.13. The Morgan fingerprint density at radius 3 is 2.86 bits per heavy atom. The molecule has 0 fully saturated rings. The number of carbonyl (C=O) groups is 1. The molecule has 1 atom stereocenters. The van der Waals surface area contributed by atoms with Crippen molar-refractivity contribution in [3.05, 3.63) is 34.9 Å². The van der Waals surface area contributed by atoms with Crippen LogP contribution in [-0.4, -0.2) is 11.8 Å². The molecule has 0 aliphatic rings. The molecule has 0 heterocycles. The normalized spacial score (nSPS) is 12.5. The number of hydrogen-bond donors (Lipinski definition) is 1. The lowest BCUT2D eigenvalue weighted by atomic mass is 10.0. The molecule has 14 heavy (non-hydrogen) atoms. The van der Waals surface area contributed by atoms with Crippen LogP contribution < -0.4 is 5.73 Å². The third-order valence-electron chi connectivity index (χ3n) is 1.84. The summed E-state index contributed by atoms with van der Waals surface area (Å²) in [5.41, 5.74) is 6.48. The van der Waals surface area contributed by atoms with E-state index in [0.717, 1.165) is 5.56 Å². The molecule has 0 saturated heterocycles. The highest BCUT2D eigenvalue weighted by Crippen LogP contribution is 2.11. The molecule has 1 aromatic carbocycles. The second-order valence-corrected chi connectivity index (χ2v) is 3.96. The monoisotopic (exact) mass is 211 g/mol. The van der Waals surface area contributed by atoms with E-state index >= 15 is 0 Å². The van der Waals surface area contributed by atoms with Crippen LogP contribution in [0.3, 0.4) is 0 Å². The molecule has 0 radical (unpaired) electrons. The molecule has 1 aromatic rings. The van der Waals surface area contributed by atoms with Gasteiger partial charge in [0, 0.05) is 23.9 Å². The Hall–Kier alpha value is -0.860. The Balaban J connectivity index is 2.56. The number of ketones is 1. The number of hydrogen-bond acceptors (Lipinski definition) is 2. The molecule has 3 heteroatoms. The van der Waals surface area contributed by atoms with Gasteiger partial charge >= 0.3 is 0 Å². The minimum absolute atomic E-state index is 0.0679. The van der Waals surface area contributed by atoms with Crippen LogP contribution in [0, 0.1) is 0 Å². The fraction of sp³-hybridized carbons (Fsp3) is 0.364. The van der Waals surface area contributed by atoms with Crippen molar-refractivity contribution in [1.29, 1.82) is 0 Å². The summed E-state index contributed by atoms with van der Waals surface area (Å²) in [6.45, 7) is 1.83. The molecule has 2 nitrogen and oxygen atoms in total. The summed E-state index contributed by atoms with van der Waals surface area (Å²) in [4.78, 5) is 11.4. The predicted molar refractivity (Wildman–Crippen MR) is 58.4 cm³/mol. The van der Waals surface area contributed by atoms with E-state index in [-0.39, 0.29) is 11.8 Å². The highest BCUT2D eigenvalue weighted by atomic mass is 35.5. The van der Waals surface area contributed by atoms with E-state index in [1.807, 2.05) is 19.1 Å².